The molecule has 0 bridgehead atoms. The number of hydrogen-bond acceptors (Lipinski definition) is 4. The Kier molecular flexibility index (Phi) is 5.09. The molecule has 0 fully saturated rings. The number of ether oxygens (including phenoxy) is 1. The van der Waals surface area contributed by atoms with Gasteiger partial charge in [0.1, 0.15) is 6.04 Å². The van der Waals surface area contributed by atoms with Crippen LogP contribution in [0.4, 0.5) is 20.2 Å². The molecule has 0 aliphatic rings. The van der Waals surface area contributed by atoms with Gasteiger partial charge in [0.05, 0.1) is 18.5 Å². The fraction of sp³-hybridized carbons (Fsp3) is 0.462. The van der Waals surface area contributed by atoms with Crippen molar-refractivity contribution in [1.82, 2.24) is 0 Å². The summed E-state index contributed by atoms with van der Waals surface area (Å²) < 4.78 is 31.5. The van der Waals surface area contributed by atoms with Gasteiger partial charge >= 0.3 is 5.97 Å². The summed E-state index contributed by atoms with van der Waals surface area (Å²) in [4.78, 5) is 11.6. The lowest BCUT2D eigenvalue weighted by molar-refractivity contribution is -0.141. The first-order valence-corrected chi connectivity index (χ1v) is 5.94. The molecule has 1 unspecified atom stereocenters. The van der Waals surface area contributed by atoms with E-state index in [1.807, 2.05) is 13.8 Å². The maximum absolute atomic E-state index is 13.7. The second-order valence-corrected chi connectivity index (χ2v) is 4.68. The van der Waals surface area contributed by atoms with Crippen LogP contribution >= 0.6 is 0 Å². The van der Waals surface area contributed by atoms with Crippen LogP contribution in [-0.2, 0) is 9.53 Å². The molecule has 4 nitrogen and oxygen atoms in total. The largest absolute Gasteiger partial charge is 0.467 e. The van der Waals surface area contributed by atoms with Gasteiger partial charge in [-0.05, 0) is 24.5 Å². The van der Waals surface area contributed by atoms with Gasteiger partial charge in [-0.1, -0.05) is 13.8 Å². The number of rotatable bonds is 5. The number of halogens is 2. The van der Waals surface area contributed by atoms with Crippen LogP contribution in [0.15, 0.2) is 12.1 Å². The van der Waals surface area contributed by atoms with E-state index in [4.69, 9.17) is 5.73 Å². The highest BCUT2D eigenvalue weighted by atomic mass is 19.2. The SMILES string of the molecule is COC(=O)C(CC(C)C)Nc1c(N)ccc(F)c1F. The first-order valence-electron chi connectivity index (χ1n) is 5.94. The third kappa shape index (κ3) is 3.81. The first-order chi connectivity index (χ1) is 8.86. The molecule has 0 radical (unpaired) electrons. The highest BCUT2D eigenvalue weighted by Crippen LogP contribution is 2.26. The Morgan fingerprint density at radius 3 is 2.58 bits per heavy atom. The van der Waals surface area contributed by atoms with Crippen molar-refractivity contribution in [3.8, 4) is 0 Å². The molecule has 0 spiro atoms. The first kappa shape index (κ1) is 15.2. The van der Waals surface area contributed by atoms with E-state index >= 15 is 0 Å². The molecule has 19 heavy (non-hydrogen) atoms. The van der Waals surface area contributed by atoms with Crippen LogP contribution in [0.3, 0.4) is 0 Å². The van der Waals surface area contributed by atoms with Crippen molar-refractivity contribution in [1.29, 1.82) is 0 Å². The topological polar surface area (TPSA) is 64.3 Å². The van der Waals surface area contributed by atoms with Gasteiger partial charge in [-0.2, -0.15) is 0 Å². The van der Waals surface area contributed by atoms with Gasteiger partial charge in [-0.3, -0.25) is 0 Å². The Hall–Kier alpha value is -1.85. The van der Waals surface area contributed by atoms with Crippen molar-refractivity contribution >= 4 is 17.3 Å². The number of nitrogens with two attached hydrogens (primary N) is 1. The van der Waals surface area contributed by atoms with Gasteiger partial charge in [0.25, 0.3) is 0 Å². The summed E-state index contributed by atoms with van der Waals surface area (Å²) >= 11 is 0. The molecule has 3 N–H and O–H groups in total. The van der Waals surface area contributed by atoms with E-state index in [0.717, 1.165) is 6.07 Å². The molecule has 1 atom stereocenters. The molecular formula is C13H18F2N2O2. The molecule has 0 aromatic heterocycles. The molecule has 0 aliphatic heterocycles. The summed E-state index contributed by atoms with van der Waals surface area (Å²) in [6, 6.07) is 1.40. The highest BCUT2D eigenvalue weighted by Gasteiger charge is 2.23. The van der Waals surface area contributed by atoms with E-state index in [9.17, 15) is 13.6 Å². The fourth-order valence-electron chi connectivity index (χ4n) is 1.71. The average Bonchev–Trinajstić information content (AvgIpc) is 2.36. The van der Waals surface area contributed by atoms with E-state index < -0.39 is 23.6 Å². The zero-order valence-corrected chi connectivity index (χ0v) is 11.2. The number of carbonyl (C=O) groups excluding carboxylic acids is 1. The van der Waals surface area contributed by atoms with E-state index in [0.29, 0.717) is 6.42 Å². The lowest BCUT2D eigenvalue weighted by Crippen LogP contribution is -2.32. The number of hydrogen-bond donors (Lipinski definition) is 2. The zero-order valence-electron chi connectivity index (χ0n) is 11.2. The second-order valence-electron chi connectivity index (χ2n) is 4.68. The lowest BCUT2D eigenvalue weighted by atomic mass is 10.0. The summed E-state index contributed by atoms with van der Waals surface area (Å²) in [7, 11) is 1.24. The molecule has 106 valence electrons. The molecular weight excluding hydrogens is 254 g/mol. The smallest absolute Gasteiger partial charge is 0.328 e. The minimum absolute atomic E-state index is 0.0385. The fourth-order valence-corrected chi connectivity index (χ4v) is 1.71. The molecule has 0 saturated heterocycles. The van der Waals surface area contributed by atoms with Crippen LogP contribution in [0.25, 0.3) is 0 Å². The average molecular weight is 272 g/mol. The zero-order chi connectivity index (χ0) is 14.6. The van der Waals surface area contributed by atoms with Gasteiger partial charge in [0.15, 0.2) is 11.6 Å². The third-order valence-electron chi connectivity index (χ3n) is 2.64. The highest BCUT2D eigenvalue weighted by molar-refractivity contribution is 5.81. The summed E-state index contributed by atoms with van der Waals surface area (Å²) in [5.74, 6) is -2.49. The Bertz CT molecular complexity index is 464. The standard InChI is InChI=1S/C13H18F2N2O2/c1-7(2)6-10(13(18)19-3)17-12-9(16)5-4-8(14)11(12)15/h4-5,7,10,17H,6,16H2,1-3H3. The quantitative estimate of drug-likeness (QED) is 0.638. The molecule has 6 heteroatoms. The van der Waals surface area contributed by atoms with Gasteiger partial charge in [-0.15, -0.1) is 0 Å². The Morgan fingerprint density at radius 1 is 1.42 bits per heavy atom. The Balaban J connectivity index is 3.02. The summed E-state index contributed by atoms with van der Waals surface area (Å²) in [5, 5.41) is 2.62. The monoisotopic (exact) mass is 272 g/mol. The van der Waals surface area contributed by atoms with Crippen molar-refractivity contribution in [2.24, 2.45) is 5.92 Å². The summed E-state index contributed by atoms with van der Waals surface area (Å²) in [5.41, 5.74) is 5.42. The minimum atomic E-state index is -1.10. The predicted molar refractivity (Wildman–Crippen MR) is 69.7 cm³/mol. The molecule has 0 heterocycles. The minimum Gasteiger partial charge on any atom is -0.467 e. The van der Waals surface area contributed by atoms with E-state index in [2.05, 4.69) is 10.1 Å². The van der Waals surface area contributed by atoms with Crippen molar-refractivity contribution in [2.45, 2.75) is 26.3 Å². The number of nitrogens with one attached hydrogen (secondary N) is 1. The maximum atomic E-state index is 13.7. The summed E-state index contributed by atoms with van der Waals surface area (Å²) in [6.45, 7) is 3.81. The normalized spacial score (nSPS) is 12.3. The Labute approximate surface area is 110 Å². The van der Waals surface area contributed by atoms with Crippen LogP contribution in [-0.4, -0.2) is 19.1 Å². The number of nitrogen functional groups attached to an aromatic ring is 1. The van der Waals surface area contributed by atoms with Crippen LogP contribution in [0.1, 0.15) is 20.3 Å². The Morgan fingerprint density at radius 2 is 2.05 bits per heavy atom. The van der Waals surface area contributed by atoms with Gasteiger partial charge in [0, 0.05) is 0 Å². The van der Waals surface area contributed by atoms with E-state index in [1.54, 1.807) is 0 Å². The van der Waals surface area contributed by atoms with Crippen molar-refractivity contribution in [3.63, 3.8) is 0 Å². The van der Waals surface area contributed by atoms with E-state index in [1.165, 1.54) is 13.2 Å². The summed E-state index contributed by atoms with van der Waals surface area (Å²) in [6.07, 6.45) is 0.419. The van der Waals surface area contributed by atoms with Crippen LogP contribution in [0.5, 0.6) is 0 Å². The number of anilines is 2. The number of esters is 1. The lowest BCUT2D eigenvalue weighted by Gasteiger charge is -2.20. The van der Waals surface area contributed by atoms with Crippen molar-refractivity contribution in [2.75, 3.05) is 18.2 Å². The second kappa shape index (κ2) is 6.36. The molecule has 0 saturated carbocycles. The number of benzene rings is 1. The van der Waals surface area contributed by atoms with Crippen LogP contribution in [0, 0.1) is 17.6 Å². The molecule has 1 aromatic carbocycles. The van der Waals surface area contributed by atoms with Gasteiger partial charge in [-0.25, -0.2) is 13.6 Å². The van der Waals surface area contributed by atoms with Crippen LogP contribution < -0.4 is 11.1 Å². The number of carbonyl (C=O) groups is 1. The van der Waals surface area contributed by atoms with Crippen molar-refractivity contribution in [3.05, 3.63) is 23.8 Å². The third-order valence-corrected chi connectivity index (χ3v) is 2.64. The molecule has 1 aromatic rings. The van der Waals surface area contributed by atoms with Crippen LogP contribution in [0.2, 0.25) is 0 Å². The molecule has 1 rings (SSSR count). The maximum Gasteiger partial charge on any atom is 0.328 e. The van der Waals surface area contributed by atoms with Gasteiger partial charge < -0.3 is 15.8 Å². The van der Waals surface area contributed by atoms with E-state index in [-0.39, 0.29) is 17.3 Å². The number of methoxy groups -OCH3 is 1. The van der Waals surface area contributed by atoms with Gasteiger partial charge in [0.2, 0.25) is 0 Å². The predicted octanol–water partition coefficient (Wildman–Crippen LogP) is 2.55. The van der Waals surface area contributed by atoms with Crippen molar-refractivity contribution < 1.29 is 18.3 Å². The molecule has 0 amide bonds. The molecule has 0 aliphatic carbocycles.